The minimum absolute atomic E-state index is 0.0504. The standard InChI is InChI=1S/C23H30N4O/c1-26(21-12-10-19(11-13-21)18-7-3-2-4-8-18)22(28)20-9-5-16-27(17-20)23-24-14-6-15-25-23/h2-4,6-8,14-15,19-21H,5,9-13,16-17H2,1H3. The quantitative estimate of drug-likeness (QED) is 0.810. The molecule has 1 aliphatic heterocycles. The molecule has 1 saturated heterocycles. The van der Waals surface area contributed by atoms with E-state index in [0.29, 0.717) is 17.9 Å². The van der Waals surface area contributed by atoms with Gasteiger partial charge in [-0.1, -0.05) is 30.3 Å². The molecule has 0 bridgehead atoms. The first-order valence-corrected chi connectivity index (χ1v) is 10.6. The lowest BCUT2D eigenvalue weighted by Crippen LogP contribution is -2.47. The summed E-state index contributed by atoms with van der Waals surface area (Å²) < 4.78 is 0. The molecule has 1 aromatic heterocycles. The third-order valence-corrected chi connectivity index (χ3v) is 6.47. The first-order chi connectivity index (χ1) is 13.7. The molecule has 1 atom stereocenters. The molecule has 1 saturated carbocycles. The van der Waals surface area contributed by atoms with Crippen LogP contribution < -0.4 is 4.90 Å². The molecule has 0 spiro atoms. The third kappa shape index (κ3) is 4.18. The average Bonchev–Trinajstić information content (AvgIpc) is 2.79. The Morgan fingerprint density at radius 3 is 2.43 bits per heavy atom. The van der Waals surface area contributed by atoms with Gasteiger partial charge < -0.3 is 9.80 Å². The van der Waals surface area contributed by atoms with Crippen molar-refractivity contribution in [2.24, 2.45) is 5.92 Å². The maximum atomic E-state index is 13.2. The number of piperidine rings is 1. The lowest BCUT2D eigenvalue weighted by molar-refractivity contribution is -0.137. The van der Waals surface area contributed by atoms with Gasteiger partial charge in [0.25, 0.3) is 0 Å². The van der Waals surface area contributed by atoms with Crippen molar-refractivity contribution in [1.82, 2.24) is 14.9 Å². The van der Waals surface area contributed by atoms with E-state index in [0.717, 1.165) is 44.7 Å². The summed E-state index contributed by atoms with van der Waals surface area (Å²) in [6.07, 6.45) is 10.0. The fourth-order valence-electron chi connectivity index (χ4n) is 4.80. The van der Waals surface area contributed by atoms with Gasteiger partial charge in [-0.15, -0.1) is 0 Å². The van der Waals surface area contributed by atoms with Gasteiger partial charge in [-0.05, 0) is 56.1 Å². The highest BCUT2D eigenvalue weighted by Gasteiger charge is 2.33. The van der Waals surface area contributed by atoms with Crippen molar-refractivity contribution in [2.75, 3.05) is 25.0 Å². The highest BCUT2D eigenvalue weighted by atomic mass is 16.2. The second kappa shape index (κ2) is 8.72. The Bertz CT molecular complexity index is 759. The van der Waals surface area contributed by atoms with E-state index in [1.54, 1.807) is 12.4 Å². The highest BCUT2D eigenvalue weighted by Crippen LogP contribution is 2.35. The topological polar surface area (TPSA) is 49.3 Å². The average molecular weight is 379 g/mol. The van der Waals surface area contributed by atoms with Crippen LogP contribution in [0.3, 0.4) is 0 Å². The molecule has 0 radical (unpaired) electrons. The Kier molecular flexibility index (Phi) is 5.89. The van der Waals surface area contributed by atoms with Crippen LogP contribution in [-0.2, 0) is 4.79 Å². The predicted molar refractivity (Wildman–Crippen MR) is 111 cm³/mol. The lowest BCUT2D eigenvalue weighted by Gasteiger charge is -2.39. The van der Waals surface area contributed by atoms with Crippen LogP contribution in [0.5, 0.6) is 0 Å². The van der Waals surface area contributed by atoms with Crippen molar-refractivity contribution in [3.8, 4) is 0 Å². The van der Waals surface area contributed by atoms with Crippen LogP contribution in [0.1, 0.15) is 50.0 Å². The van der Waals surface area contributed by atoms with E-state index in [-0.39, 0.29) is 5.92 Å². The van der Waals surface area contributed by atoms with E-state index in [9.17, 15) is 4.79 Å². The molecule has 5 heteroatoms. The van der Waals surface area contributed by atoms with E-state index in [1.165, 1.54) is 18.4 Å². The number of amides is 1. The predicted octanol–water partition coefficient (Wildman–Crippen LogP) is 3.88. The fourth-order valence-corrected chi connectivity index (χ4v) is 4.80. The van der Waals surface area contributed by atoms with E-state index in [1.807, 2.05) is 18.0 Å². The summed E-state index contributed by atoms with van der Waals surface area (Å²) >= 11 is 0. The van der Waals surface area contributed by atoms with Crippen LogP contribution in [0.15, 0.2) is 48.8 Å². The molecule has 1 aromatic carbocycles. The second-order valence-corrected chi connectivity index (χ2v) is 8.20. The third-order valence-electron chi connectivity index (χ3n) is 6.47. The van der Waals surface area contributed by atoms with Gasteiger partial charge in [0.15, 0.2) is 0 Å². The number of anilines is 1. The van der Waals surface area contributed by atoms with Crippen molar-refractivity contribution in [1.29, 1.82) is 0 Å². The molecule has 28 heavy (non-hydrogen) atoms. The van der Waals surface area contributed by atoms with Gasteiger partial charge in [-0.25, -0.2) is 9.97 Å². The Balaban J connectivity index is 1.33. The first-order valence-electron chi connectivity index (χ1n) is 10.6. The maximum Gasteiger partial charge on any atom is 0.227 e. The van der Waals surface area contributed by atoms with Crippen molar-refractivity contribution in [3.63, 3.8) is 0 Å². The van der Waals surface area contributed by atoms with Crippen molar-refractivity contribution < 1.29 is 4.79 Å². The number of benzene rings is 1. The van der Waals surface area contributed by atoms with E-state index < -0.39 is 0 Å². The molecule has 5 nitrogen and oxygen atoms in total. The molecular weight excluding hydrogens is 348 g/mol. The van der Waals surface area contributed by atoms with Gasteiger partial charge in [0.2, 0.25) is 11.9 Å². The summed E-state index contributed by atoms with van der Waals surface area (Å²) in [4.78, 5) is 26.1. The summed E-state index contributed by atoms with van der Waals surface area (Å²) in [5.74, 6) is 1.73. The highest BCUT2D eigenvalue weighted by molar-refractivity contribution is 5.79. The van der Waals surface area contributed by atoms with Crippen LogP contribution in [-0.4, -0.2) is 47.0 Å². The van der Waals surface area contributed by atoms with Crippen LogP contribution in [0.2, 0.25) is 0 Å². The Morgan fingerprint density at radius 2 is 1.71 bits per heavy atom. The van der Waals surface area contributed by atoms with Crippen LogP contribution in [0.25, 0.3) is 0 Å². The molecular formula is C23H30N4O. The molecule has 4 rings (SSSR count). The van der Waals surface area contributed by atoms with Gasteiger partial charge in [-0.3, -0.25) is 4.79 Å². The Hall–Kier alpha value is -2.43. The van der Waals surface area contributed by atoms with Gasteiger partial charge in [-0.2, -0.15) is 0 Å². The second-order valence-electron chi connectivity index (χ2n) is 8.20. The molecule has 2 aromatic rings. The molecule has 0 N–H and O–H groups in total. The minimum atomic E-state index is 0.0504. The number of rotatable bonds is 4. The molecule has 2 aliphatic rings. The Labute approximate surface area is 167 Å². The number of hydrogen-bond donors (Lipinski definition) is 0. The summed E-state index contributed by atoms with van der Waals surface area (Å²) in [7, 11) is 2.01. The normalized spacial score (nSPS) is 25.3. The minimum Gasteiger partial charge on any atom is -0.342 e. The van der Waals surface area contributed by atoms with Crippen LogP contribution in [0, 0.1) is 5.92 Å². The smallest absolute Gasteiger partial charge is 0.227 e. The zero-order valence-electron chi connectivity index (χ0n) is 16.7. The van der Waals surface area contributed by atoms with Gasteiger partial charge in [0, 0.05) is 38.6 Å². The Morgan fingerprint density at radius 1 is 1.00 bits per heavy atom. The van der Waals surface area contributed by atoms with Crippen molar-refractivity contribution >= 4 is 11.9 Å². The molecule has 2 heterocycles. The van der Waals surface area contributed by atoms with E-state index in [4.69, 9.17) is 0 Å². The van der Waals surface area contributed by atoms with Gasteiger partial charge in [0.05, 0.1) is 5.92 Å². The number of hydrogen-bond acceptors (Lipinski definition) is 4. The molecule has 1 unspecified atom stereocenters. The molecule has 1 aliphatic carbocycles. The molecule has 2 fully saturated rings. The van der Waals surface area contributed by atoms with Crippen LogP contribution >= 0.6 is 0 Å². The van der Waals surface area contributed by atoms with Crippen molar-refractivity contribution in [2.45, 2.75) is 50.5 Å². The monoisotopic (exact) mass is 378 g/mol. The number of nitrogens with zero attached hydrogens (tertiary/aromatic N) is 4. The van der Waals surface area contributed by atoms with Crippen molar-refractivity contribution in [3.05, 3.63) is 54.4 Å². The number of carbonyl (C=O) groups is 1. The zero-order valence-corrected chi connectivity index (χ0v) is 16.7. The first kappa shape index (κ1) is 18.9. The summed E-state index contributed by atoms with van der Waals surface area (Å²) in [5, 5.41) is 0. The van der Waals surface area contributed by atoms with Gasteiger partial charge >= 0.3 is 0 Å². The summed E-state index contributed by atoms with van der Waals surface area (Å²) in [5.41, 5.74) is 1.45. The number of aromatic nitrogens is 2. The van der Waals surface area contributed by atoms with Gasteiger partial charge in [0.1, 0.15) is 0 Å². The fraction of sp³-hybridized carbons (Fsp3) is 0.522. The van der Waals surface area contributed by atoms with E-state index in [2.05, 4.69) is 45.2 Å². The molecule has 148 valence electrons. The van der Waals surface area contributed by atoms with E-state index >= 15 is 0 Å². The summed E-state index contributed by atoms with van der Waals surface area (Å²) in [6.45, 7) is 1.66. The lowest BCUT2D eigenvalue weighted by atomic mass is 9.81. The molecule has 1 amide bonds. The largest absolute Gasteiger partial charge is 0.342 e. The maximum absolute atomic E-state index is 13.2. The SMILES string of the molecule is CN(C(=O)C1CCCN(c2ncccn2)C1)C1CCC(c2ccccc2)CC1. The number of carbonyl (C=O) groups excluding carboxylic acids is 1. The zero-order chi connectivity index (χ0) is 19.3. The summed E-state index contributed by atoms with van der Waals surface area (Å²) in [6, 6.07) is 13.0. The van der Waals surface area contributed by atoms with Crippen LogP contribution in [0.4, 0.5) is 5.95 Å².